The van der Waals surface area contributed by atoms with Gasteiger partial charge in [0.15, 0.2) is 0 Å². The first-order valence-corrected chi connectivity index (χ1v) is 11.9. The molecule has 0 aliphatic rings. The van der Waals surface area contributed by atoms with E-state index in [1.165, 1.54) is 13.8 Å². The first-order chi connectivity index (χ1) is 17.8. The van der Waals surface area contributed by atoms with E-state index in [1.807, 2.05) is 42.6 Å². The normalized spacial score (nSPS) is 11.9. The molecule has 37 heavy (non-hydrogen) atoms. The molecule has 0 spiro atoms. The van der Waals surface area contributed by atoms with Crippen LogP contribution in [0.25, 0.3) is 10.9 Å². The van der Waals surface area contributed by atoms with Crippen LogP contribution in [0.4, 0.5) is 0 Å². The molecule has 8 nitrogen and oxygen atoms in total. The SMILES string of the molecule is CC(=O)Oc1ccccc1CN(Cc1ccccc1OC(C)=O)[C@@H](Cc1c[nH]c2ccccc12)C(=O)O. The number of nitrogens with zero attached hydrogens (tertiary/aromatic N) is 1. The molecular formula is C29H28N2O6. The Morgan fingerprint density at radius 2 is 1.30 bits per heavy atom. The fourth-order valence-electron chi connectivity index (χ4n) is 4.37. The van der Waals surface area contributed by atoms with Crippen LogP contribution >= 0.6 is 0 Å². The van der Waals surface area contributed by atoms with Gasteiger partial charge in [-0.15, -0.1) is 0 Å². The highest BCUT2D eigenvalue weighted by molar-refractivity contribution is 5.84. The molecule has 0 bridgehead atoms. The Bertz CT molecular complexity index is 1370. The Balaban J connectivity index is 1.74. The van der Waals surface area contributed by atoms with Crippen molar-refractivity contribution in [3.05, 3.63) is 95.7 Å². The maximum Gasteiger partial charge on any atom is 0.321 e. The molecule has 0 radical (unpaired) electrons. The molecule has 0 fully saturated rings. The number of ether oxygens (including phenoxy) is 2. The molecule has 8 heteroatoms. The minimum Gasteiger partial charge on any atom is -0.480 e. The van der Waals surface area contributed by atoms with E-state index < -0.39 is 23.9 Å². The summed E-state index contributed by atoms with van der Waals surface area (Å²) in [5.74, 6) is -1.20. The summed E-state index contributed by atoms with van der Waals surface area (Å²) in [6.07, 6.45) is 2.06. The van der Waals surface area contributed by atoms with Crippen LogP contribution in [0.3, 0.4) is 0 Å². The van der Waals surface area contributed by atoms with Crippen LogP contribution in [0.2, 0.25) is 0 Å². The molecule has 0 amide bonds. The van der Waals surface area contributed by atoms with Crippen molar-refractivity contribution in [1.82, 2.24) is 9.88 Å². The number of aromatic nitrogens is 1. The number of carbonyl (C=O) groups is 3. The van der Waals surface area contributed by atoms with Gasteiger partial charge in [-0.2, -0.15) is 0 Å². The molecule has 0 aliphatic heterocycles. The first kappa shape index (κ1) is 25.7. The summed E-state index contributed by atoms with van der Waals surface area (Å²) in [5.41, 5.74) is 3.11. The van der Waals surface area contributed by atoms with Crippen molar-refractivity contribution in [2.75, 3.05) is 0 Å². The highest BCUT2D eigenvalue weighted by Crippen LogP contribution is 2.28. The van der Waals surface area contributed by atoms with Gasteiger partial charge in [-0.05, 0) is 23.8 Å². The van der Waals surface area contributed by atoms with Gasteiger partial charge in [-0.25, -0.2) is 0 Å². The van der Waals surface area contributed by atoms with Crippen molar-refractivity contribution >= 4 is 28.8 Å². The molecule has 1 heterocycles. The topological polar surface area (TPSA) is 109 Å². The third-order valence-corrected chi connectivity index (χ3v) is 6.01. The number of aliphatic carboxylic acids is 1. The molecule has 1 atom stereocenters. The van der Waals surface area contributed by atoms with Crippen LogP contribution < -0.4 is 9.47 Å². The predicted molar refractivity (Wildman–Crippen MR) is 138 cm³/mol. The quantitative estimate of drug-likeness (QED) is 0.240. The number of carbonyl (C=O) groups excluding carboxylic acids is 2. The van der Waals surface area contributed by atoms with E-state index in [2.05, 4.69) is 4.98 Å². The summed E-state index contributed by atoms with van der Waals surface area (Å²) in [6, 6.07) is 20.9. The number of benzene rings is 3. The van der Waals surface area contributed by atoms with Gasteiger partial charge in [0.05, 0.1) is 0 Å². The number of hydrogen-bond acceptors (Lipinski definition) is 6. The minimum absolute atomic E-state index is 0.178. The zero-order valence-corrected chi connectivity index (χ0v) is 20.6. The monoisotopic (exact) mass is 500 g/mol. The molecule has 0 unspecified atom stereocenters. The lowest BCUT2D eigenvalue weighted by molar-refractivity contribution is -0.144. The standard InChI is InChI=1S/C29H28N2O6/c1-19(32)36-27-13-7-3-9-21(27)17-31(18-22-10-4-8-14-28(22)37-20(2)33)26(29(34)35)15-23-16-30-25-12-6-5-11-24(23)25/h3-14,16,26,30H,15,17-18H2,1-2H3,(H,34,35)/t26-/m0/s1. The number of para-hydroxylation sites is 3. The summed E-state index contributed by atoms with van der Waals surface area (Å²) in [5, 5.41) is 11.3. The molecule has 0 saturated heterocycles. The van der Waals surface area contributed by atoms with Crippen molar-refractivity contribution in [2.24, 2.45) is 0 Å². The number of nitrogens with one attached hydrogen (secondary N) is 1. The number of esters is 2. The van der Waals surface area contributed by atoms with Crippen LogP contribution in [-0.4, -0.2) is 38.9 Å². The molecule has 3 aromatic carbocycles. The number of hydrogen-bond donors (Lipinski definition) is 2. The number of carboxylic acids is 1. The Hall–Kier alpha value is -4.43. The molecule has 0 aliphatic carbocycles. The summed E-state index contributed by atoms with van der Waals surface area (Å²) in [4.78, 5) is 41.1. The summed E-state index contributed by atoms with van der Waals surface area (Å²) in [6.45, 7) is 3.00. The van der Waals surface area contributed by atoms with Crippen molar-refractivity contribution in [3.63, 3.8) is 0 Å². The van der Waals surface area contributed by atoms with Crippen LogP contribution in [-0.2, 0) is 33.9 Å². The zero-order chi connectivity index (χ0) is 26.4. The lowest BCUT2D eigenvalue weighted by Gasteiger charge is -2.30. The van der Waals surface area contributed by atoms with Crippen LogP contribution in [0.1, 0.15) is 30.5 Å². The molecular weight excluding hydrogens is 472 g/mol. The number of H-pyrrole nitrogens is 1. The molecule has 190 valence electrons. The second-order valence-electron chi connectivity index (χ2n) is 8.73. The van der Waals surface area contributed by atoms with E-state index in [1.54, 1.807) is 41.3 Å². The second-order valence-corrected chi connectivity index (χ2v) is 8.73. The van der Waals surface area contributed by atoms with Crippen molar-refractivity contribution in [1.29, 1.82) is 0 Å². The highest BCUT2D eigenvalue weighted by atomic mass is 16.5. The lowest BCUT2D eigenvalue weighted by atomic mass is 10.0. The number of fused-ring (bicyclic) bond motifs is 1. The summed E-state index contributed by atoms with van der Waals surface area (Å²) in [7, 11) is 0. The first-order valence-electron chi connectivity index (χ1n) is 11.9. The Kier molecular flexibility index (Phi) is 8.00. The van der Waals surface area contributed by atoms with Crippen LogP contribution in [0, 0.1) is 0 Å². The Labute approximate surface area is 214 Å². The average Bonchev–Trinajstić information content (AvgIpc) is 3.26. The fraction of sp³-hybridized carbons (Fsp3) is 0.207. The van der Waals surface area contributed by atoms with Gasteiger partial charge in [0.25, 0.3) is 0 Å². The molecule has 2 N–H and O–H groups in total. The van der Waals surface area contributed by atoms with E-state index in [4.69, 9.17) is 9.47 Å². The molecule has 4 aromatic rings. The third kappa shape index (κ3) is 6.42. The zero-order valence-electron chi connectivity index (χ0n) is 20.6. The predicted octanol–water partition coefficient (Wildman–Crippen LogP) is 4.72. The molecule has 1 aromatic heterocycles. The van der Waals surface area contributed by atoms with Crippen molar-refractivity contribution in [2.45, 2.75) is 39.4 Å². The number of rotatable bonds is 10. The average molecular weight is 501 g/mol. The van der Waals surface area contributed by atoms with E-state index >= 15 is 0 Å². The van der Waals surface area contributed by atoms with Gasteiger partial charge in [0.1, 0.15) is 17.5 Å². The second kappa shape index (κ2) is 11.5. The highest BCUT2D eigenvalue weighted by Gasteiger charge is 2.29. The van der Waals surface area contributed by atoms with E-state index in [9.17, 15) is 19.5 Å². The Morgan fingerprint density at radius 1 is 0.784 bits per heavy atom. The largest absolute Gasteiger partial charge is 0.480 e. The van der Waals surface area contributed by atoms with Gasteiger partial charge in [-0.3, -0.25) is 19.3 Å². The third-order valence-electron chi connectivity index (χ3n) is 6.01. The van der Waals surface area contributed by atoms with Crippen LogP contribution in [0.5, 0.6) is 11.5 Å². The Morgan fingerprint density at radius 3 is 1.84 bits per heavy atom. The lowest BCUT2D eigenvalue weighted by Crippen LogP contribution is -2.42. The maximum absolute atomic E-state index is 12.7. The summed E-state index contributed by atoms with van der Waals surface area (Å²) >= 11 is 0. The summed E-state index contributed by atoms with van der Waals surface area (Å²) < 4.78 is 10.8. The van der Waals surface area contributed by atoms with Gasteiger partial charge < -0.3 is 19.6 Å². The maximum atomic E-state index is 12.7. The molecule has 0 saturated carbocycles. The van der Waals surface area contributed by atoms with Crippen molar-refractivity contribution in [3.8, 4) is 11.5 Å². The van der Waals surface area contributed by atoms with E-state index in [-0.39, 0.29) is 19.5 Å². The van der Waals surface area contributed by atoms with Crippen LogP contribution in [0.15, 0.2) is 79.0 Å². The van der Waals surface area contributed by atoms with Crippen molar-refractivity contribution < 1.29 is 29.0 Å². The van der Waals surface area contributed by atoms with Gasteiger partial charge in [0, 0.05) is 61.6 Å². The number of aromatic amines is 1. The van der Waals surface area contributed by atoms with Gasteiger partial charge >= 0.3 is 17.9 Å². The van der Waals surface area contributed by atoms with Gasteiger partial charge in [-0.1, -0.05) is 54.6 Å². The number of carboxylic acid groups (broad SMARTS) is 1. The van der Waals surface area contributed by atoms with E-state index in [0.717, 1.165) is 16.5 Å². The van der Waals surface area contributed by atoms with E-state index in [0.29, 0.717) is 22.6 Å². The fourth-order valence-corrected chi connectivity index (χ4v) is 4.37. The molecule has 4 rings (SSSR count). The smallest absolute Gasteiger partial charge is 0.321 e. The van der Waals surface area contributed by atoms with Gasteiger partial charge in [0.2, 0.25) is 0 Å². The minimum atomic E-state index is -1.000.